The molecule has 0 fully saturated rings. The van der Waals surface area contributed by atoms with Crippen LogP contribution < -0.4 is 9.47 Å². The van der Waals surface area contributed by atoms with E-state index in [9.17, 15) is 0 Å². The maximum Gasteiger partial charge on any atom is 0.219 e. The number of aryl methyl sites for hydroxylation is 1. The highest BCUT2D eigenvalue weighted by Crippen LogP contribution is 2.32. The van der Waals surface area contributed by atoms with Gasteiger partial charge in [0.15, 0.2) is 11.5 Å². The molecule has 0 bridgehead atoms. The number of methoxy groups -OCH3 is 1. The van der Waals surface area contributed by atoms with Crippen LogP contribution in [0.5, 0.6) is 17.4 Å². The SMILES string of the molecule is COc1cc(C)ccc1Oc1cc(CCl)c(Cl)cn1. The molecule has 0 saturated carbocycles. The van der Waals surface area contributed by atoms with Gasteiger partial charge >= 0.3 is 0 Å². The van der Waals surface area contributed by atoms with Gasteiger partial charge < -0.3 is 9.47 Å². The first-order valence-electron chi connectivity index (χ1n) is 5.67. The lowest BCUT2D eigenvalue weighted by Gasteiger charge is -2.11. The lowest BCUT2D eigenvalue weighted by molar-refractivity contribution is 0.374. The summed E-state index contributed by atoms with van der Waals surface area (Å²) in [5.74, 6) is 2.00. The van der Waals surface area contributed by atoms with Gasteiger partial charge in [0.2, 0.25) is 5.88 Å². The minimum Gasteiger partial charge on any atom is -0.493 e. The van der Waals surface area contributed by atoms with E-state index < -0.39 is 0 Å². The van der Waals surface area contributed by atoms with Crippen LogP contribution in [0.25, 0.3) is 0 Å². The molecule has 1 aromatic carbocycles. The van der Waals surface area contributed by atoms with Gasteiger partial charge in [-0.1, -0.05) is 17.7 Å². The van der Waals surface area contributed by atoms with Crippen molar-refractivity contribution in [2.75, 3.05) is 7.11 Å². The first kappa shape index (κ1) is 14.0. The minimum absolute atomic E-state index is 0.308. The van der Waals surface area contributed by atoms with E-state index >= 15 is 0 Å². The van der Waals surface area contributed by atoms with Crippen LogP contribution in [0.2, 0.25) is 5.02 Å². The summed E-state index contributed by atoms with van der Waals surface area (Å²) in [6, 6.07) is 7.39. The molecule has 0 saturated heterocycles. The maximum atomic E-state index is 5.95. The van der Waals surface area contributed by atoms with Crippen molar-refractivity contribution in [2.24, 2.45) is 0 Å². The van der Waals surface area contributed by atoms with Gasteiger partial charge in [0.1, 0.15) is 0 Å². The molecule has 0 spiro atoms. The molecule has 1 heterocycles. The zero-order chi connectivity index (χ0) is 13.8. The van der Waals surface area contributed by atoms with Crippen molar-refractivity contribution in [1.29, 1.82) is 0 Å². The van der Waals surface area contributed by atoms with Crippen LogP contribution in [0.15, 0.2) is 30.5 Å². The van der Waals surface area contributed by atoms with Crippen LogP contribution in [-0.2, 0) is 5.88 Å². The van der Waals surface area contributed by atoms with E-state index in [1.165, 1.54) is 6.20 Å². The topological polar surface area (TPSA) is 31.4 Å². The number of hydrogen-bond acceptors (Lipinski definition) is 3. The molecule has 0 aliphatic rings. The fourth-order valence-electron chi connectivity index (χ4n) is 1.59. The van der Waals surface area contributed by atoms with E-state index in [-0.39, 0.29) is 0 Å². The predicted octanol–water partition coefficient (Wildman–Crippen LogP) is 4.58. The van der Waals surface area contributed by atoms with Gasteiger partial charge in [0, 0.05) is 18.1 Å². The number of ether oxygens (including phenoxy) is 2. The summed E-state index contributed by atoms with van der Waals surface area (Å²) in [6.45, 7) is 1.98. The van der Waals surface area contributed by atoms with Crippen molar-refractivity contribution < 1.29 is 9.47 Å². The Kier molecular flexibility index (Phi) is 4.51. The standard InChI is InChI=1S/C14H13Cl2NO2/c1-9-3-4-12(13(5-9)18-2)19-14-6-10(7-15)11(16)8-17-14/h3-6,8H,7H2,1-2H3. The van der Waals surface area contributed by atoms with E-state index in [1.54, 1.807) is 13.2 Å². The maximum absolute atomic E-state index is 5.95. The molecule has 0 unspecified atom stereocenters. The van der Waals surface area contributed by atoms with Crippen molar-refractivity contribution in [3.05, 3.63) is 46.6 Å². The molecule has 5 heteroatoms. The highest BCUT2D eigenvalue weighted by Gasteiger charge is 2.08. The molecule has 3 nitrogen and oxygen atoms in total. The van der Waals surface area contributed by atoms with Crippen molar-refractivity contribution in [3.63, 3.8) is 0 Å². The molecule has 2 rings (SSSR count). The average Bonchev–Trinajstić information content (AvgIpc) is 2.42. The molecule has 0 amide bonds. The zero-order valence-electron chi connectivity index (χ0n) is 10.6. The summed E-state index contributed by atoms with van der Waals surface area (Å²) in [5, 5.41) is 0.526. The molecule has 0 atom stereocenters. The number of aromatic nitrogens is 1. The van der Waals surface area contributed by atoms with Crippen LogP contribution in [0, 0.1) is 6.92 Å². The molecular formula is C14H13Cl2NO2. The molecule has 1 aromatic heterocycles. The monoisotopic (exact) mass is 297 g/mol. The van der Waals surface area contributed by atoms with Gasteiger partial charge in [-0.15, -0.1) is 11.6 Å². The van der Waals surface area contributed by atoms with Crippen LogP contribution in [-0.4, -0.2) is 12.1 Å². The molecule has 19 heavy (non-hydrogen) atoms. The van der Waals surface area contributed by atoms with Crippen molar-refractivity contribution in [1.82, 2.24) is 4.98 Å². The number of pyridine rings is 1. The molecular weight excluding hydrogens is 285 g/mol. The number of benzene rings is 1. The quantitative estimate of drug-likeness (QED) is 0.774. The molecule has 0 radical (unpaired) electrons. The number of rotatable bonds is 4. The average molecular weight is 298 g/mol. The van der Waals surface area contributed by atoms with E-state index in [0.717, 1.165) is 11.1 Å². The number of alkyl halides is 1. The Bertz CT molecular complexity index is 588. The lowest BCUT2D eigenvalue weighted by Crippen LogP contribution is -1.94. The summed E-state index contributed by atoms with van der Waals surface area (Å²) in [6.07, 6.45) is 1.52. The Morgan fingerprint density at radius 1 is 1.21 bits per heavy atom. The minimum atomic E-state index is 0.308. The molecule has 0 N–H and O–H groups in total. The Balaban J connectivity index is 2.30. The highest BCUT2D eigenvalue weighted by atomic mass is 35.5. The van der Waals surface area contributed by atoms with Crippen LogP contribution >= 0.6 is 23.2 Å². The number of nitrogens with zero attached hydrogens (tertiary/aromatic N) is 1. The molecule has 0 aliphatic carbocycles. The third-order valence-corrected chi connectivity index (χ3v) is 3.22. The predicted molar refractivity (Wildman–Crippen MR) is 76.6 cm³/mol. The van der Waals surface area contributed by atoms with Gasteiger partial charge in [-0.3, -0.25) is 0 Å². The largest absolute Gasteiger partial charge is 0.493 e. The summed E-state index contributed by atoms with van der Waals surface area (Å²) in [7, 11) is 1.60. The second kappa shape index (κ2) is 6.13. The van der Waals surface area contributed by atoms with E-state index in [2.05, 4.69) is 4.98 Å². The first-order chi connectivity index (χ1) is 9.13. The van der Waals surface area contributed by atoms with Gasteiger partial charge in [-0.2, -0.15) is 0 Å². The molecule has 100 valence electrons. The fraction of sp³-hybridized carbons (Fsp3) is 0.214. The van der Waals surface area contributed by atoms with Crippen molar-refractivity contribution in [2.45, 2.75) is 12.8 Å². The van der Waals surface area contributed by atoms with Crippen LogP contribution in [0.1, 0.15) is 11.1 Å². The second-order valence-corrected chi connectivity index (χ2v) is 4.68. The second-order valence-electron chi connectivity index (χ2n) is 4.00. The zero-order valence-corrected chi connectivity index (χ0v) is 12.1. The van der Waals surface area contributed by atoms with Crippen molar-refractivity contribution in [3.8, 4) is 17.4 Å². The Morgan fingerprint density at radius 3 is 2.68 bits per heavy atom. The van der Waals surface area contributed by atoms with E-state index in [0.29, 0.717) is 28.3 Å². The number of hydrogen-bond donors (Lipinski definition) is 0. The van der Waals surface area contributed by atoms with Gasteiger partial charge in [0.05, 0.1) is 12.1 Å². The summed E-state index contributed by atoms with van der Waals surface area (Å²) < 4.78 is 11.0. The van der Waals surface area contributed by atoms with Gasteiger partial charge in [-0.05, 0) is 30.2 Å². The normalized spacial score (nSPS) is 10.3. The third kappa shape index (κ3) is 3.31. The molecule has 0 aliphatic heterocycles. The van der Waals surface area contributed by atoms with Crippen LogP contribution in [0.3, 0.4) is 0 Å². The Morgan fingerprint density at radius 2 is 2.00 bits per heavy atom. The van der Waals surface area contributed by atoms with Gasteiger partial charge in [0.25, 0.3) is 0 Å². The first-order valence-corrected chi connectivity index (χ1v) is 6.58. The summed E-state index contributed by atoms with van der Waals surface area (Å²) in [5.41, 5.74) is 1.87. The summed E-state index contributed by atoms with van der Waals surface area (Å²) in [4.78, 5) is 4.11. The fourth-order valence-corrected chi connectivity index (χ4v) is 2.05. The van der Waals surface area contributed by atoms with E-state index in [1.807, 2.05) is 25.1 Å². The number of halogens is 2. The smallest absolute Gasteiger partial charge is 0.219 e. The van der Waals surface area contributed by atoms with Gasteiger partial charge in [-0.25, -0.2) is 4.98 Å². The summed E-state index contributed by atoms with van der Waals surface area (Å²) >= 11 is 11.7. The Labute approximate surface area is 122 Å². The Hall–Kier alpha value is -1.45. The lowest BCUT2D eigenvalue weighted by atomic mass is 10.2. The van der Waals surface area contributed by atoms with E-state index in [4.69, 9.17) is 32.7 Å². The highest BCUT2D eigenvalue weighted by molar-refractivity contribution is 6.32. The third-order valence-electron chi connectivity index (χ3n) is 2.59. The van der Waals surface area contributed by atoms with Crippen molar-refractivity contribution >= 4 is 23.2 Å². The molecule has 2 aromatic rings. The van der Waals surface area contributed by atoms with Crippen LogP contribution in [0.4, 0.5) is 0 Å².